The van der Waals surface area contributed by atoms with Gasteiger partial charge in [-0.25, -0.2) is 8.42 Å². The molecule has 1 amide bonds. The molecule has 2 rings (SSSR count). The minimum Gasteiger partial charge on any atom is -0.352 e. The van der Waals surface area contributed by atoms with Crippen molar-refractivity contribution in [1.82, 2.24) is 10.2 Å². The predicted molar refractivity (Wildman–Crippen MR) is 70.1 cm³/mol. The molecule has 0 heterocycles. The fourth-order valence-corrected chi connectivity index (χ4v) is 3.32. The monoisotopic (exact) mass is 274 g/mol. The maximum absolute atomic E-state index is 11.8. The van der Waals surface area contributed by atoms with Gasteiger partial charge in [-0.15, -0.1) is 0 Å². The third-order valence-electron chi connectivity index (χ3n) is 3.39. The van der Waals surface area contributed by atoms with Gasteiger partial charge in [-0.05, 0) is 32.6 Å². The second-order valence-electron chi connectivity index (χ2n) is 5.69. The van der Waals surface area contributed by atoms with Crippen LogP contribution in [-0.2, 0) is 14.6 Å². The Morgan fingerprint density at radius 1 is 1.33 bits per heavy atom. The van der Waals surface area contributed by atoms with Gasteiger partial charge in [-0.2, -0.15) is 0 Å². The van der Waals surface area contributed by atoms with E-state index in [0.717, 1.165) is 25.7 Å². The van der Waals surface area contributed by atoms with E-state index in [4.69, 9.17) is 0 Å². The Morgan fingerprint density at radius 2 is 1.94 bits per heavy atom. The number of rotatable bonds is 7. The van der Waals surface area contributed by atoms with Crippen LogP contribution in [0.4, 0.5) is 0 Å². The molecule has 0 aromatic heterocycles. The average Bonchev–Trinajstić information content (AvgIpc) is 3.04. The number of amides is 1. The molecule has 2 fully saturated rings. The molecule has 18 heavy (non-hydrogen) atoms. The largest absolute Gasteiger partial charge is 0.352 e. The van der Waals surface area contributed by atoms with Crippen LogP contribution in [0.3, 0.4) is 0 Å². The van der Waals surface area contributed by atoms with Crippen molar-refractivity contribution in [3.8, 4) is 0 Å². The lowest BCUT2D eigenvalue weighted by Gasteiger charge is -2.27. The second-order valence-corrected chi connectivity index (χ2v) is 7.87. The third kappa shape index (κ3) is 4.57. The molecule has 5 nitrogen and oxygen atoms in total. The summed E-state index contributed by atoms with van der Waals surface area (Å²) in [5.74, 6) is 0.157. The quantitative estimate of drug-likeness (QED) is 0.718. The molecule has 0 aromatic carbocycles. The predicted octanol–water partition coefficient (Wildman–Crippen LogP) is 0.163. The van der Waals surface area contributed by atoms with E-state index in [2.05, 4.69) is 5.32 Å². The fraction of sp³-hybridized carbons (Fsp3) is 0.917. The van der Waals surface area contributed by atoms with Gasteiger partial charge >= 0.3 is 0 Å². The molecule has 1 unspecified atom stereocenters. The van der Waals surface area contributed by atoms with Crippen LogP contribution < -0.4 is 5.32 Å². The Kier molecular flexibility index (Phi) is 3.96. The molecule has 0 saturated heterocycles. The first-order chi connectivity index (χ1) is 8.35. The molecule has 2 aliphatic rings. The van der Waals surface area contributed by atoms with Gasteiger partial charge in [0.25, 0.3) is 0 Å². The van der Waals surface area contributed by atoms with E-state index in [1.165, 1.54) is 6.26 Å². The van der Waals surface area contributed by atoms with Crippen LogP contribution in [0.1, 0.15) is 32.6 Å². The van der Waals surface area contributed by atoms with Crippen molar-refractivity contribution < 1.29 is 13.2 Å². The number of nitrogens with one attached hydrogen (secondary N) is 1. The fourth-order valence-electron chi connectivity index (χ4n) is 2.25. The molecule has 2 aliphatic carbocycles. The Labute approximate surface area is 109 Å². The van der Waals surface area contributed by atoms with Gasteiger partial charge in [0, 0.05) is 24.4 Å². The number of hydrogen-bond donors (Lipinski definition) is 1. The first kappa shape index (κ1) is 13.8. The molecule has 0 radical (unpaired) electrons. The van der Waals surface area contributed by atoms with E-state index in [1.807, 2.05) is 11.8 Å². The summed E-state index contributed by atoms with van der Waals surface area (Å²) in [6.07, 6.45) is 5.55. The molecule has 0 aromatic rings. The summed E-state index contributed by atoms with van der Waals surface area (Å²) < 4.78 is 22.7. The molecule has 1 N–H and O–H groups in total. The van der Waals surface area contributed by atoms with Crippen molar-refractivity contribution in [2.75, 3.05) is 18.6 Å². The summed E-state index contributed by atoms with van der Waals surface area (Å²) in [4.78, 5) is 13.8. The standard InChI is InChI=1S/C12H22N2O3S/c1-9(8-18(2,16)17)14(11-5-6-11)7-12(15)13-10-3-4-10/h9-11H,3-8H2,1-2H3,(H,13,15). The molecule has 6 heteroatoms. The highest BCUT2D eigenvalue weighted by atomic mass is 32.2. The number of carbonyl (C=O) groups is 1. The van der Waals surface area contributed by atoms with Crippen molar-refractivity contribution in [2.24, 2.45) is 0 Å². The van der Waals surface area contributed by atoms with Crippen molar-refractivity contribution >= 4 is 15.7 Å². The Morgan fingerprint density at radius 3 is 2.39 bits per heavy atom. The Bertz CT molecular complexity index is 413. The molecule has 2 saturated carbocycles. The summed E-state index contributed by atoms with van der Waals surface area (Å²) in [7, 11) is -2.99. The van der Waals surface area contributed by atoms with Crippen LogP contribution in [0.15, 0.2) is 0 Å². The highest BCUT2D eigenvalue weighted by Crippen LogP contribution is 2.29. The van der Waals surface area contributed by atoms with E-state index >= 15 is 0 Å². The smallest absolute Gasteiger partial charge is 0.234 e. The lowest BCUT2D eigenvalue weighted by atomic mass is 10.3. The molecule has 1 atom stereocenters. The summed E-state index contributed by atoms with van der Waals surface area (Å²) >= 11 is 0. The van der Waals surface area contributed by atoms with Gasteiger partial charge in [0.1, 0.15) is 9.84 Å². The second kappa shape index (κ2) is 5.17. The van der Waals surface area contributed by atoms with E-state index in [0.29, 0.717) is 18.6 Å². The Balaban J connectivity index is 1.88. The van der Waals surface area contributed by atoms with Crippen LogP contribution in [0.2, 0.25) is 0 Å². The molecule has 0 bridgehead atoms. The van der Waals surface area contributed by atoms with Crippen molar-refractivity contribution in [2.45, 2.75) is 50.7 Å². The van der Waals surface area contributed by atoms with Crippen LogP contribution >= 0.6 is 0 Å². The maximum Gasteiger partial charge on any atom is 0.234 e. The van der Waals surface area contributed by atoms with Crippen LogP contribution in [0.25, 0.3) is 0 Å². The highest BCUT2D eigenvalue weighted by molar-refractivity contribution is 7.90. The minimum atomic E-state index is -2.99. The normalized spacial score (nSPS) is 21.9. The zero-order chi connectivity index (χ0) is 13.3. The van der Waals surface area contributed by atoms with E-state index < -0.39 is 9.84 Å². The first-order valence-electron chi connectivity index (χ1n) is 6.58. The van der Waals surface area contributed by atoms with Crippen LogP contribution in [0, 0.1) is 0 Å². The summed E-state index contributed by atoms with van der Waals surface area (Å²) in [5.41, 5.74) is 0. The van der Waals surface area contributed by atoms with Crippen LogP contribution in [-0.4, -0.2) is 55.9 Å². The van der Waals surface area contributed by atoms with Gasteiger partial charge in [0.2, 0.25) is 5.91 Å². The zero-order valence-corrected chi connectivity index (χ0v) is 11.9. The number of sulfone groups is 1. The topological polar surface area (TPSA) is 66.5 Å². The van der Waals surface area contributed by atoms with Gasteiger partial charge < -0.3 is 5.32 Å². The lowest BCUT2D eigenvalue weighted by molar-refractivity contribution is -0.123. The summed E-state index contributed by atoms with van der Waals surface area (Å²) in [5, 5.41) is 2.95. The SMILES string of the molecule is CC(CS(C)(=O)=O)N(CC(=O)NC1CC1)C1CC1. The molecular formula is C12H22N2O3S. The zero-order valence-electron chi connectivity index (χ0n) is 11.1. The van der Waals surface area contributed by atoms with E-state index in [1.54, 1.807) is 0 Å². The summed E-state index contributed by atoms with van der Waals surface area (Å²) in [6.45, 7) is 2.22. The summed E-state index contributed by atoms with van der Waals surface area (Å²) in [6, 6.07) is 0.674. The minimum absolute atomic E-state index is 0.0322. The maximum atomic E-state index is 11.8. The first-order valence-corrected chi connectivity index (χ1v) is 8.64. The van der Waals surface area contributed by atoms with Crippen molar-refractivity contribution in [1.29, 1.82) is 0 Å². The van der Waals surface area contributed by atoms with Crippen LogP contribution in [0.5, 0.6) is 0 Å². The van der Waals surface area contributed by atoms with Gasteiger partial charge in [-0.3, -0.25) is 9.69 Å². The average molecular weight is 274 g/mol. The molecular weight excluding hydrogens is 252 g/mol. The van der Waals surface area contributed by atoms with Crippen molar-refractivity contribution in [3.05, 3.63) is 0 Å². The molecule has 0 aliphatic heterocycles. The van der Waals surface area contributed by atoms with Gasteiger partial charge in [0.05, 0.1) is 12.3 Å². The molecule has 104 valence electrons. The Hall–Kier alpha value is -0.620. The van der Waals surface area contributed by atoms with Crippen molar-refractivity contribution in [3.63, 3.8) is 0 Å². The molecule has 0 spiro atoms. The van der Waals surface area contributed by atoms with Gasteiger partial charge in [0.15, 0.2) is 0 Å². The lowest BCUT2D eigenvalue weighted by Crippen LogP contribution is -2.46. The number of nitrogens with zero attached hydrogens (tertiary/aromatic N) is 1. The number of hydrogen-bond acceptors (Lipinski definition) is 4. The third-order valence-corrected chi connectivity index (χ3v) is 4.48. The van der Waals surface area contributed by atoms with E-state index in [9.17, 15) is 13.2 Å². The number of carbonyl (C=O) groups excluding carboxylic acids is 1. The van der Waals surface area contributed by atoms with Gasteiger partial charge in [-0.1, -0.05) is 0 Å². The highest BCUT2D eigenvalue weighted by Gasteiger charge is 2.35. The van der Waals surface area contributed by atoms with E-state index in [-0.39, 0.29) is 17.7 Å².